The van der Waals surface area contributed by atoms with Gasteiger partial charge in [-0.15, -0.1) is 0 Å². The average Bonchev–Trinajstić information content (AvgIpc) is 3.03. The van der Waals surface area contributed by atoms with Crippen LogP contribution >= 0.6 is 0 Å². The van der Waals surface area contributed by atoms with E-state index in [0.29, 0.717) is 37.0 Å². The van der Waals surface area contributed by atoms with Crippen molar-refractivity contribution < 1.29 is 34.7 Å². The molecule has 1 aromatic carbocycles. The van der Waals surface area contributed by atoms with Crippen LogP contribution in [0.4, 0.5) is 0 Å². The Labute approximate surface area is 272 Å². The largest absolute Gasteiger partial charge is 0.504 e. The summed E-state index contributed by atoms with van der Waals surface area (Å²) in [5, 5.41) is 51.2. The fraction of sp³-hybridized carbons (Fsp3) is 0.714. The molecule has 2 aliphatic carbocycles. The van der Waals surface area contributed by atoms with E-state index in [-0.39, 0.29) is 54.8 Å². The number of carbonyl (C=O) groups excluding carboxylic acids is 1. The van der Waals surface area contributed by atoms with E-state index in [4.69, 9.17) is 15.2 Å². The molecule has 2 heterocycles. The van der Waals surface area contributed by atoms with Crippen molar-refractivity contribution in [1.82, 2.24) is 10.6 Å². The molecule has 5 rings (SSSR count). The molecule has 254 valence electrons. The molecule has 11 nitrogen and oxygen atoms in total. The van der Waals surface area contributed by atoms with Gasteiger partial charge < -0.3 is 46.3 Å². The number of benzene rings is 1. The predicted molar refractivity (Wildman–Crippen MR) is 174 cm³/mol. The zero-order valence-electron chi connectivity index (χ0n) is 27.2. The van der Waals surface area contributed by atoms with Crippen molar-refractivity contribution in [1.29, 1.82) is 0 Å². The van der Waals surface area contributed by atoms with Crippen molar-refractivity contribution in [2.75, 3.05) is 13.6 Å². The van der Waals surface area contributed by atoms with Crippen LogP contribution in [0.2, 0.25) is 0 Å². The molecular formula is C35H52N4O7. The SMILES string of the molecule is CN=C(N)N[C@@H]1CCC[C@@H](O)[C@@]12C#C[C@H]1CCC[C@@H]3C[C@@H](CCN3)Oc3cc(c(CO)cc3O)C[C@H]1[C@H](OC(C)=O)C[C@@H](O)CC2. The Kier molecular flexibility index (Phi) is 11.4. The molecule has 1 saturated heterocycles. The van der Waals surface area contributed by atoms with Crippen molar-refractivity contribution in [2.24, 2.45) is 28.0 Å². The van der Waals surface area contributed by atoms with Crippen LogP contribution in [0.1, 0.15) is 88.7 Å². The van der Waals surface area contributed by atoms with Gasteiger partial charge in [0.1, 0.15) is 12.2 Å². The van der Waals surface area contributed by atoms with Crippen LogP contribution in [0.3, 0.4) is 0 Å². The normalized spacial score (nSPS) is 35.5. The van der Waals surface area contributed by atoms with Crippen molar-refractivity contribution >= 4 is 11.9 Å². The number of fused-ring (bicyclic) bond motifs is 5. The number of carbonyl (C=O) groups is 1. The van der Waals surface area contributed by atoms with Gasteiger partial charge in [-0.05, 0) is 94.0 Å². The third kappa shape index (κ3) is 7.91. The summed E-state index contributed by atoms with van der Waals surface area (Å²) in [6, 6.07) is 3.35. The molecule has 1 saturated carbocycles. The first-order valence-corrected chi connectivity index (χ1v) is 17.0. The van der Waals surface area contributed by atoms with Gasteiger partial charge >= 0.3 is 5.97 Å². The number of aromatic hydroxyl groups is 1. The molecule has 11 heteroatoms. The van der Waals surface area contributed by atoms with Crippen LogP contribution < -0.4 is 21.1 Å². The molecule has 1 aromatic rings. The minimum absolute atomic E-state index is 0.0198. The Morgan fingerprint density at radius 2 is 1.98 bits per heavy atom. The summed E-state index contributed by atoms with van der Waals surface area (Å²) in [5.41, 5.74) is 6.62. The zero-order valence-corrected chi connectivity index (χ0v) is 27.2. The first-order valence-electron chi connectivity index (χ1n) is 17.0. The Balaban J connectivity index is 1.64. The molecule has 0 amide bonds. The molecule has 8 N–H and O–H groups in total. The summed E-state index contributed by atoms with van der Waals surface area (Å²) in [6.45, 7) is 1.91. The van der Waals surface area contributed by atoms with E-state index in [9.17, 15) is 25.2 Å². The predicted octanol–water partition coefficient (Wildman–Crippen LogP) is 2.26. The second-order valence-electron chi connectivity index (χ2n) is 13.7. The zero-order chi connectivity index (χ0) is 32.8. The quantitative estimate of drug-likeness (QED) is 0.112. The maximum Gasteiger partial charge on any atom is 0.302 e. The maximum atomic E-state index is 12.5. The lowest BCUT2D eigenvalue weighted by Crippen LogP contribution is -2.57. The number of hydrogen-bond donors (Lipinski definition) is 7. The number of aliphatic hydroxyl groups is 3. The second-order valence-corrected chi connectivity index (χ2v) is 13.7. The highest BCUT2D eigenvalue weighted by atomic mass is 16.5. The number of aliphatic hydroxyl groups excluding tert-OH is 3. The number of phenolic OH excluding ortho intramolecular Hbond substituents is 1. The molecule has 0 radical (unpaired) electrons. The molecule has 2 aliphatic heterocycles. The molecule has 1 spiro atoms. The van der Waals surface area contributed by atoms with Crippen LogP contribution in [-0.2, 0) is 22.6 Å². The van der Waals surface area contributed by atoms with Crippen LogP contribution in [0.15, 0.2) is 17.1 Å². The van der Waals surface area contributed by atoms with E-state index in [2.05, 4.69) is 27.5 Å². The van der Waals surface area contributed by atoms with E-state index in [0.717, 1.165) is 57.1 Å². The number of esters is 1. The van der Waals surface area contributed by atoms with Crippen LogP contribution in [-0.4, -0.2) is 82.4 Å². The number of nitrogens with two attached hydrogens (primary N) is 1. The van der Waals surface area contributed by atoms with Crippen LogP contribution in [0.5, 0.6) is 11.5 Å². The Morgan fingerprint density at radius 3 is 2.74 bits per heavy atom. The highest BCUT2D eigenvalue weighted by molar-refractivity contribution is 5.78. The number of ether oxygens (including phenoxy) is 2. The average molecular weight is 641 g/mol. The highest BCUT2D eigenvalue weighted by Crippen LogP contribution is 2.43. The topological polar surface area (TPSA) is 179 Å². The van der Waals surface area contributed by atoms with Crippen molar-refractivity contribution in [3.05, 3.63) is 23.3 Å². The number of piperidine rings is 1. The van der Waals surface area contributed by atoms with Gasteiger partial charge in [-0.25, -0.2) is 0 Å². The van der Waals surface area contributed by atoms with Crippen molar-refractivity contribution in [3.63, 3.8) is 0 Å². The summed E-state index contributed by atoms with van der Waals surface area (Å²) in [6.07, 6.45) is 5.46. The van der Waals surface area contributed by atoms with E-state index in [1.165, 1.54) is 6.92 Å². The highest BCUT2D eigenvalue weighted by Gasteiger charge is 2.47. The monoisotopic (exact) mass is 640 g/mol. The van der Waals surface area contributed by atoms with Gasteiger partial charge in [0.25, 0.3) is 0 Å². The van der Waals surface area contributed by atoms with E-state index < -0.39 is 29.7 Å². The van der Waals surface area contributed by atoms with Gasteiger partial charge in [0.15, 0.2) is 17.5 Å². The smallest absolute Gasteiger partial charge is 0.302 e. The molecule has 2 fully saturated rings. The molecular weight excluding hydrogens is 588 g/mol. The third-order valence-electron chi connectivity index (χ3n) is 10.7. The number of nitrogens with one attached hydrogen (secondary N) is 2. The van der Waals surface area contributed by atoms with Gasteiger partial charge in [-0.3, -0.25) is 9.79 Å². The van der Waals surface area contributed by atoms with E-state index in [1.807, 2.05) is 0 Å². The van der Waals surface area contributed by atoms with E-state index >= 15 is 0 Å². The Hall–Kier alpha value is -3.04. The number of hydrogen-bond acceptors (Lipinski definition) is 9. The van der Waals surface area contributed by atoms with Gasteiger partial charge in [-0.2, -0.15) is 0 Å². The lowest BCUT2D eigenvalue weighted by atomic mass is 9.64. The maximum absolute atomic E-state index is 12.5. The number of phenols is 1. The third-order valence-corrected chi connectivity index (χ3v) is 10.7. The molecule has 0 aromatic heterocycles. The minimum Gasteiger partial charge on any atom is -0.504 e. The number of nitrogens with zero attached hydrogens (tertiary/aromatic N) is 1. The molecule has 9 atom stereocenters. The summed E-state index contributed by atoms with van der Waals surface area (Å²) in [5.74, 6) is 6.82. The fourth-order valence-corrected chi connectivity index (χ4v) is 8.15. The molecule has 4 aliphatic rings. The number of aliphatic imine (C=N–C) groups is 1. The lowest BCUT2D eigenvalue weighted by molar-refractivity contribution is -0.152. The van der Waals surface area contributed by atoms with Crippen LogP contribution in [0, 0.1) is 29.1 Å². The van der Waals surface area contributed by atoms with E-state index in [1.54, 1.807) is 19.2 Å². The summed E-state index contributed by atoms with van der Waals surface area (Å²) >= 11 is 0. The fourth-order valence-electron chi connectivity index (χ4n) is 8.15. The lowest BCUT2D eigenvalue weighted by Gasteiger charge is -2.46. The number of rotatable bonds is 3. The minimum atomic E-state index is -0.859. The molecule has 46 heavy (non-hydrogen) atoms. The van der Waals surface area contributed by atoms with Crippen LogP contribution in [0.25, 0.3) is 0 Å². The van der Waals surface area contributed by atoms with Crippen molar-refractivity contribution in [3.8, 4) is 23.3 Å². The standard InChI is InChI=1S/C35H52N4O7/c1-21(41)45-30-19-26(42)10-13-35(32(39-34(36)37-2)7-4-8-33(35)44)12-9-22-5-3-6-25-18-27(11-14-38-25)46-31-17-23(15-28(22)30)24(20-40)16-29(31)43/h16-17,22,25-28,30,32-33,38,40,42-44H,3-8,10-11,13-15,18-20H2,1-2H3,(H3,36,37,39)/t22-,25-,26+,27-,28-,30-,32-,33-,35-/m1/s1. The summed E-state index contributed by atoms with van der Waals surface area (Å²) in [4.78, 5) is 16.6. The Bertz CT molecular complexity index is 1310. The summed E-state index contributed by atoms with van der Waals surface area (Å²) in [7, 11) is 1.62. The first-order chi connectivity index (χ1) is 22.1. The molecule has 0 unspecified atom stereocenters. The van der Waals surface area contributed by atoms with Gasteiger partial charge in [0, 0.05) is 44.3 Å². The first kappa shape index (κ1) is 34.3. The second kappa shape index (κ2) is 15.2. The molecule has 4 bridgehead atoms. The summed E-state index contributed by atoms with van der Waals surface area (Å²) < 4.78 is 12.3. The van der Waals surface area contributed by atoms with Gasteiger partial charge in [-0.1, -0.05) is 18.3 Å². The number of guanidine groups is 1. The Morgan fingerprint density at radius 1 is 1.17 bits per heavy atom. The van der Waals surface area contributed by atoms with Gasteiger partial charge in [0.05, 0.1) is 24.2 Å². The van der Waals surface area contributed by atoms with Crippen molar-refractivity contribution in [2.45, 2.75) is 127 Å². The van der Waals surface area contributed by atoms with Gasteiger partial charge in [0.2, 0.25) is 0 Å².